The quantitative estimate of drug-likeness (QED) is 0.614. The molecule has 4 aliphatic rings. The van der Waals surface area contributed by atoms with Crippen LogP contribution in [0.2, 0.25) is 0 Å². The van der Waals surface area contributed by atoms with Crippen LogP contribution in [-0.4, -0.2) is 24.6 Å². The largest absolute Gasteiger partial charge is 0.379 e. The van der Waals surface area contributed by atoms with Gasteiger partial charge in [-0.25, -0.2) is 4.79 Å². The monoisotopic (exact) mass is 378 g/mol. The Balaban J connectivity index is 1.55. The molecule has 0 bridgehead atoms. The summed E-state index contributed by atoms with van der Waals surface area (Å²) in [4.78, 5) is 25.4. The highest BCUT2D eigenvalue weighted by molar-refractivity contribution is 6.08. The van der Waals surface area contributed by atoms with Crippen LogP contribution < -0.4 is 10.6 Å². The van der Waals surface area contributed by atoms with Crippen LogP contribution in [0.15, 0.2) is 18.2 Å². The summed E-state index contributed by atoms with van der Waals surface area (Å²) in [6.07, 6.45) is 6.99. The molecular formula is C23H26N2O3. The van der Waals surface area contributed by atoms with Crippen molar-refractivity contribution in [2.45, 2.75) is 63.5 Å². The molecule has 5 nitrogen and oxygen atoms in total. The van der Waals surface area contributed by atoms with E-state index >= 15 is 0 Å². The normalized spacial score (nSPS) is 33.4. The molecule has 2 N–H and O–H groups in total. The van der Waals surface area contributed by atoms with Crippen LogP contribution in [0.5, 0.6) is 0 Å². The summed E-state index contributed by atoms with van der Waals surface area (Å²) in [6, 6.07) is 5.81. The van der Waals surface area contributed by atoms with Crippen molar-refractivity contribution in [3.8, 4) is 11.8 Å². The summed E-state index contributed by atoms with van der Waals surface area (Å²) in [7, 11) is 0. The molecule has 28 heavy (non-hydrogen) atoms. The fourth-order valence-corrected chi connectivity index (χ4v) is 5.47. The average molecular weight is 378 g/mol. The molecule has 1 saturated heterocycles. The molecule has 1 atom stereocenters. The Bertz CT molecular complexity index is 900. The van der Waals surface area contributed by atoms with Gasteiger partial charge in [0.25, 0.3) is 5.91 Å². The number of fused-ring (bicyclic) bond motifs is 3. The van der Waals surface area contributed by atoms with E-state index in [0.717, 1.165) is 48.8 Å². The van der Waals surface area contributed by atoms with Crippen LogP contribution in [0.1, 0.15) is 62.1 Å². The minimum absolute atomic E-state index is 0.210. The molecular weight excluding hydrogens is 352 g/mol. The molecule has 1 aromatic rings. The number of imide groups is 1. The maximum Gasteiger partial charge on any atom is 0.322 e. The summed E-state index contributed by atoms with van der Waals surface area (Å²) in [5.41, 5.74) is 1.76. The molecule has 2 spiro atoms. The number of benzene rings is 1. The van der Waals surface area contributed by atoms with Crippen molar-refractivity contribution in [3.05, 3.63) is 34.9 Å². The molecule has 1 aliphatic heterocycles. The van der Waals surface area contributed by atoms with Gasteiger partial charge in [-0.15, -0.1) is 0 Å². The van der Waals surface area contributed by atoms with Crippen molar-refractivity contribution in [2.24, 2.45) is 11.3 Å². The lowest BCUT2D eigenvalue weighted by molar-refractivity contribution is -0.131. The van der Waals surface area contributed by atoms with E-state index in [9.17, 15) is 9.59 Å². The molecule has 5 heteroatoms. The second-order valence-electron chi connectivity index (χ2n) is 8.69. The van der Waals surface area contributed by atoms with Gasteiger partial charge in [0, 0.05) is 23.5 Å². The minimum Gasteiger partial charge on any atom is -0.379 e. The molecule has 3 amide bonds. The van der Waals surface area contributed by atoms with Crippen LogP contribution in [-0.2, 0) is 21.5 Å². The third kappa shape index (κ3) is 2.58. The number of hydrogen-bond acceptors (Lipinski definition) is 3. The SMILES string of the molecule is CCOC1CCC2(CC1)Cc1ccc(C#CC3CC3)cc1C21NC(=O)NC1=O. The molecule has 0 aromatic heterocycles. The Hall–Kier alpha value is -2.32. The molecule has 5 rings (SSSR count). The first-order valence-corrected chi connectivity index (χ1v) is 10.5. The summed E-state index contributed by atoms with van der Waals surface area (Å²) >= 11 is 0. The van der Waals surface area contributed by atoms with Gasteiger partial charge in [0.1, 0.15) is 0 Å². The zero-order valence-electron chi connectivity index (χ0n) is 16.3. The highest BCUT2D eigenvalue weighted by atomic mass is 16.5. The van der Waals surface area contributed by atoms with Crippen LogP contribution in [0, 0.1) is 23.2 Å². The molecule has 2 saturated carbocycles. The van der Waals surface area contributed by atoms with Crippen LogP contribution >= 0.6 is 0 Å². The Morgan fingerprint density at radius 2 is 1.96 bits per heavy atom. The second-order valence-corrected chi connectivity index (χ2v) is 8.69. The van der Waals surface area contributed by atoms with Crippen molar-refractivity contribution in [3.63, 3.8) is 0 Å². The van der Waals surface area contributed by atoms with Crippen molar-refractivity contribution in [1.29, 1.82) is 0 Å². The number of nitrogens with one attached hydrogen (secondary N) is 2. The second kappa shape index (κ2) is 6.35. The molecule has 0 radical (unpaired) electrons. The van der Waals surface area contributed by atoms with Crippen LogP contribution in [0.3, 0.4) is 0 Å². The van der Waals surface area contributed by atoms with Gasteiger partial charge in [0.15, 0.2) is 5.54 Å². The van der Waals surface area contributed by atoms with Gasteiger partial charge >= 0.3 is 6.03 Å². The van der Waals surface area contributed by atoms with Gasteiger partial charge in [0.05, 0.1) is 6.10 Å². The highest BCUT2D eigenvalue weighted by Gasteiger charge is 2.66. The first kappa shape index (κ1) is 17.8. The Labute approximate surface area is 165 Å². The summed E-state index contributed by atoms with van der Waals surface area (Å²) < 4.78 is 5.83. The smallest absolute Gasteiger partial charge is 0.322 e. The van der Waals surface area contributed by atoms with Crippen LogP contribution in [0.4, 0.5) is 4.79 Å². The van der Waals surface area contributed by atoms with E-state index in [1.54, 1.807) is 0 Å². The molecule has 1 unspecified atom stereocenters. The van der Waals surface area contributed by atoms with E-state index in [1.807, 2.05) is 13.0 Å². The van der Waals surface area contributed by atoms with Gasteiger partial charge in [-0.05, 0) is 75.1 Å². The van der Waals surface area contributed by atoms with Gasteiger partial charge in [-0.2, -0.15) is 0 Å². The third-order valence-corrected chi connectivity index (χ3v) is 7.00. The van der Waals surface area contributed by atoms with Gasteiger partial charge in [0.2, 0.25) is 0 Å². The zero-order valence-corrected chi connectivity index (χ0v) is 16.3. The van der Waals surface area contributed by atoms with Gasteiger partial charge in [-0.1, -0.05) is 17.9 Å². The van der Waals surface area contributed by atoms with Crippen LogP contribution in [0.25, 0.3) is 0 Å². The number of amides is 3. The lowest BCUT2D eigenvalue weighted by Gasteiger charge is -2.46. The van der Waals surface area contributed by atoms with E-state index in [0.29, 0.717) is 12.5 Å². The number of ether oxygens (including phenoxy) is 1. The number of carbonyl (C=O) groups is 2. The average Bonchev–Trinajstić information content (AvgIpc) is 3.41. The number of urea groups is 1. The minimum atomic E-state index is -0.978. The standard InChI is InChI=1S/C23H26N2O3/c1-2-28-18-9-11-22(12-10-18)14-17-8-7-16(6-5-15-3-4-15)13-19(17)23(22)20(26)24-21(27)25-23/h7-8,13,15,18H,2-4,9-12,14H2,1H3,(H2,24,25,26,27). The summed E-state index contributed by atoms with van der Waals surface area (Å²) in [6.45, 7) is 2.73. The zero-order chi connectivity index (χ0) is 19.4. The lowest BCUT2D eigenvalue weighted by atomic mass is 9.61. The highest BCUT2D eigenvalue weighted by Crippen LogP contribution is 2.59. The van der Waals surface area contributed by atoms with Crippen molar-refractivity contribution in [2.75, 3.05) is 6.61 Å². The Morgan fingerprint density at radius 3 is 2.61 bits per heavy atom. The van der Waals surface area contributed by atoms with Crippen molar-refractivity contribution >= 4 is 11.9 Å². The van der Waals surface area contributed by atoms with E-state index in [-0.39, 0.29) is 17.4 Å². The maximum atomic E-state index is 13.2. The molecule has 1 aromatic carbocycles. The van der Waals surface area contributed by atoms with Crippen molar-refractivity contribution in [1.82, 2.24) is 10.6 Å². The number of rotatable bonds is 2. The van der Waals surface area contributed by atoms with E-state index in [4.69, 9.17) is 4.74 Å². The van der Waals surface area contributed by atoms with Gasteiger partial charge in [-0.3, -0.25) is 10.1 Å². The lowest BCUT2D eigenvalue weighted by Crippen LogP contribution is -2.56. The van der Waals surface area contributed by atoms with E-state index in [2.05, 4.69) is 34.6 Å². The fraction of sp³-hybridized carbons (Fsp3) is 0.565. The number of hydrogen-bond donors (Lipinski definition) is 2. The summed E-state index contributed by atoms with van der Waals surface area (Å²) in [5.74, 6) is 6.88. The molecule has 3 aliphatic carbocycles. The predicted octanol–water partition coefficient (Wildman–Crippen LogP) is 3.00. The Kier molecular flexibility index (Phi) is 4.03. The molecule has 146 valence electrons. The first-order chi connectivity index (χ1) is 13.6. The third-order valence-electron chi connectivity index (χ3n) is 7.00. The Morgan fingerprint density at radius 1 is 1.18 bits per heavy atom. The topological polar surface area (TPSA) is 67.4 Å². The molecule has 1 heterocycles. The van der Waals surface area contributed by atoms with E-state index < -0.39 is 11.6 Å². The predicted molar refractivity (Wildman–Crippen MR) is 104 cm³/mol. The summed E-state index contributed by atoms with van der Waals surface area (Å²) in [5, 5.41) is 5.58. The van der Waals surface area contributed by atoms with Crippen molar-refractivity contribution < 1.29 is 14.3 Å². The van der Waals surface area contributed by atoms with E-state index in [1.165, 1.54) is 12.8 Å². The first-order valence-electron chi connectivity index (χ1n) is 10.5. The number of carbonyl (C=O) groups excluding carboxylic acids is 2. The maximum absolute atomic E-state index is 13.2. The molecule has 3 fully saturated rings. The fourth-order valence-electron chi connectivity index (χ4n) is 5.47. The van der Waals surface area contributed by atoms with Gasteiger partial charge < -0.3 is 10.1 Å².